The molecule has 2 aliphatic rings. The molecular formula is C22H30O2S. The van der Waals surface area contributed by atoms with E-state index in [1.807, 2.05) is 18.7 Å². The summed E-state index contributed by atoms with van der Waals surface area (Å²) >= 11 is 1.96. The summed E-state index contributed by atoms with van der Waals surface area (Å²) in [6.07, 6.45) is 6.32. The van der Waals surface area contributed by atoms with Crippen molar-refractivity contribution in [2.45, 2.75) is 63.4 Å². The second-order valence-corrected chi connectivity index (χ2v) is 8.77. The summed E-state index contributed by atoms with van der Waals surface area (Å²) in [5.74, 6) is 0.888. The van der Waals surface area contributed by atoms with Crippen molar-refractivity contribution in [3.8, 4) is 0 Å². The second-order valence-electron chi connectivity index (χ2n) is 7.52. The van der Waals surface area contributed by atoms with Crippen molar-refractivity contribution in [1.29, 1.82) is 0 Å². The minimum atomic E-state index is -0.0762. The van der Waals surface area contributed by atoms with Gasteiger partial charge in [-0.25, -0.2) is 4.79 Å². The fourth-order valence-electron chi connectivity index (χ4n) is 4.26. The molecule has 0 amide bonds. The molecular weight excluding hydrogens is 328 g/mol. The van der Waals surface area contributed by atoms with Crippen LogP contribution in [0.1, 0.15) is 63.7 Å². The van der Waals surface area contributed by atoms with E-state index in [2.05, 4.69) is 44.2 Å². The maximum Gasteiger partial charge on any atom is 0.335 e. The summed E-state index contributed by atoms with van der Waals surface area (Å²) in [6, 6.07) is 10.7. The molecule has 1 heterocycles. The van der Waals surface area contributed by atoms with E-state index in [9.17, 15) is 4.79 Å². The van der Waals surface area contributed by atoms with Crippen LogP contribution in [-0.2, 0) is 9.53 Å². The number of carbonyl (C=O) groups is 1. The largest absolute Gasteiger partial charge is 0.463 e. The quantitative estimate of drug-likeness (QED) is 0.609. The molecule has 1 saturated carbocycles. The van der Waals surface area contributed by atoms with E-state index >= 15 is 0 Å². The van der Waals surface area contributed by atoms with Gasteiger partial charge in [-0.3, -0.25) is 0 Å². The Kier molecular flexibility index (Phi) is 6.27. The van der Waals surface area contributed by atoms with Crippen LogP contribution < -0.4 is 0 Å². The summed E-state index contributed by atoms with van der Waals surface area (Å²) < 4.78 is 5.50. The Balaban J connectivity index is 2.07. The molecule has 1 aliphatic heterocycles. The highest BCUT2D eigenvalue weighted by Crippen LogP contribution is 2.55. The maximum atomic E-state index is 12.9. The smallest absolute Gasteiger partial charge is 0.335 e. The number of esters is 1. The van der Waals surface area contributed by atoms with Crippen molar-refractivity contribution in [3.63, 3.8) is 0 Å². The molecule has 136 valence electrons. The minimum Gasteiger partial charge on any atom is -0.463 e. The number of carbonyl (C=O) groups excluding carboxylic acids is 1. The molecule has 1 aromatic carbocycles. The van der Waals surface area contributed by atoms with Crippen LogP contribution >= 0.6 is 11.8 Å². The molecule has 3 heteroatoms. The van der Waals surface area contributed by atoms with E-state index in [1.165, 1.54) is 43.2 Å². The normalized spacial score (nSPS) is 24.8. The van der Waals surface area contributed by atoms with E-state index in [0.717, 1.165) is 5.57 Å². The van der Waals surface area contributed by atoms with Crippen molar-refractivity contribution >= 4 is 17.7 Å². The van der Waals surface area contributed by atoms with Crippen molar-refractivity contribution in [3.05, 3.63) is 47.0 Å². The number of hydrogen-bond donors (Lipinski definition) is 0. The van der Waals surface area contributed by atoms with E-state index in [4.69, 9.17) is 4.74 Å². The molecule has 2 unspecified atom stereocenters. The van der Waals surface area contributed by atoms with Crippen LogP contribution in [0.3, 0.4) is 0 Å². The Morgan fingerprint density at radius 2 is 1.84 bits per heavy atom. The summed E-state index contributed by atoms with van der Waals surface area (Å²) in [7, 11) is 0. The number of hydrogen-bond acceptors (Lipinski definition) is 3. The molecule has 25 heavy (non-hydrogen) atoms. The van der Waals surface area contributed by atoms with E-state index in [-0.39, 0.29) is 11.2 Å². The van der Waals surface area contributed by atoms with Crippen LogP contribution in [0.15, 0.2) is 41.5 Å². The molecule has 0 bridgehead atoms. The van der Waals surface area contributed by atoms with E-state index in [1.54, 1.807) is 0 Å². The highest BCUT2D eigenvalue weighted by molar-refractivity contribution is 8.00. The maximum absolute atomic E-state index is 12.9. The average molecular weight is 359 g/mol. The number of ether oxygens (including phenoxy) is 1. The van der Waals surface area contributed by atoms with Gasteiger partial charge in [0.1, 0.15) is 0 Å². The highest BCUT2D eigenvalue weighted by atomic mass is 32.2. The van der Waals surface area contributed by atoms with Gasteiger partial charge >= 0.3 is 5.97 Å². The van der Waals surface area contributed by atoms with Crippen LogP contribution in [0.2, 0.25) is 0 Å². The third-order valence-corrected chi connectivity index (χ3v) is 7.28. The third-order valence-electron chi connectivity index (χ3n) is 5.41. The fourth-order valence-corrected chi connectivity index (χ4v) is 6.02. The minimum absolute atomic E-state index is 0.0762. The monoisotopic (exact) mass is 358 g/mol. The first-order valence-electron chi connectivity index (χ1n) is 9.75. The first-order valence-corrected chi connectivity index (χ1v) is 10.7. The molecule has 1 aliphatic carbocycles. The Morgan fingerprint density at radius 1 is 1.16 bits per heavy atom. The van der Waals surface area contributed by atoms with Gasteiger partial charge in [0.15, 0.2) is 0 Å². The standard InChI is InChI=1S/C22H30O2S/c1-4-24-22(23)19-18(16-11-7-5-8-12-16)21(25-20(19)15(2)3)17-13-9-6-10-14-17/h6,9-10,13-16,20-21H,4-5,7-8,11-12H2,1-3H3. The zero-order valence-electron chi connectivity index (χ0n) is 15.7. The van der Waals surface area contributed by atoms with Gasteiger partial charge in [-0.2, -0.15) is 0 Å². The van der Waals surface area contributed by atoms with Gasteiger partial charge in [0, 0.05) is 5.25 Å². The zero-order valence-corrected chi connectivity index (χ0v) is 16.5. The van der Waals surface area contributed by atoms with Gasteiger partial charge in [0.2, 0.25) is 0 Å². The Labute approximate surface area is 156 Å². The fraction of sp³-hybridized carbons (Fsp3) is 0.591. The molecule has 0 aromatic heterocycles. The third kappa shape index (κ3) is 3.97. The van der Waals surface area contributed by atoms with Crippen molar-refractivity contribution in [2.75, 3.05) is 6.61 Å². The average Bonchev–Trinajstić information content (AvgIpc) is 3.04. The van der Waals surface area contributed by atoms with Crippen LogP contribution in [0.25, 0.3) is 0 Å². The van der Waals surface area contributed by atoms with Crippen molar-refractivity contribution < 1.29 is 9.53 Å². The van der Waals surface area contributed by atoms with Crippen LogP contribution in [-0.4, -0.2) is 17.8 Å². The van der Waals surface area contributed by atoms with Gasteiger partial charge < -0.3 is 4.74 Å². The van der Waals surface area contributed by atoms with Gasteiger partial charge in [-0.05, 0) is 42.7 Å². The number of benzene rings is 1. The topological polar surface area (TPSA) is 26.3 Å². The first-order chi connectivity index (χ1) is 12.1. The lowest BCUT2D eigenvalue weighted by Crippen LogP contribution is -2.22. The predicted octanol–water partition coefficient (Wildman–Crippen LogP) is 5.94. The van der Waals surface area contributed by atoms with Gasteiger partial charge in [0.25, 0.3) is 0 Å². The summed E-state index contributed by atoms with van der Waals surface area (Å²) in [4.78, 5) is 12.9. The summed E-state index contributed by atoms with van der Waals surface area (Å²) in [5.41, 5.74) is 3.70. The SMILES string of the molecule is CCOC(=O)C1=C(C2CCCCC2)C(c2ccccc2)SC1C(C)C. The Bertz CT molecular complexity index is 614. The molecule has 1 aromatic rings. The van der Waals surface area contributed by atoms with Crippen LogP contribution in [0.5, 0.6) is 0 Å². The lowest BCUT2D eigenvalue weighted by Gasteiger charge is -2.28. The lowest BCUT2D eigenvalue weighted by molar-refractivity contribution is -0.138. The molecule has 2 atom stereocenters. The molecule has 3 rings (SSSR count). The second kappa shape index (κ2) is 8.44. The van der Waals surface area contributed by atoms with Crippen LogP contribution in [0, 0.1) is 11.8 Å². The molecule has 0 saturated heterocycles. The van der Waals surface area contributed by atoms with Gasteiger partial charge in [0.05, 0.1) is 17.4 Å². The van der Waals surface area contributed by atoms with E-state index < -0.39 is 0 Å². The molecule has 0 N–H and O–H groups in total. The number of rotatable bonds is 5. The lowest BCUT2D eigenvalue weighted by atomic mass is 9.78. The molecule has 1 fully saturated rings. The number of thioether (sulfide) groups is 1. The molecule has 0 radical (unpaired) electrons. The van der Waals surface area contributed by atoms with Gasteiger partial charge in [-0.1, -0.05) is 63.4 Å². The Hall–Kier alpha value is -1.22. The summed E-state index contributed by atoms with van der Waals surface area (Å²) in [6.45, 7) is 6.80. The predicted molar refractivity (Wildman–Crippen MR) is 106 cm³/mol. The Morgan fingerprint density at radius 3 is 2.44 bits per heavy atom. The molecule has 2 nitrogen and oxygen atoms in total. The highest BCUT2D eigenvalue weighted by Gasteiger charge is 2.43. The van der Waals surface area contributed by atoms with Crippen molar-refractivity contribution in [1.82, 2.24) is 0 Å². The van der Waals surface area contributed by atoms with Crippen LogP contribution in [0.4, 0.5) is 0 Å². The van der Waals surface area contributed by atoms with Gasteiger partial charge in [-0.15, -0.1) is 11.8 Å². The first kappa shape index (κ1) is 18.6. The zero-order chi connectivity index (χ0) is 17.8. The summed E-state index contributed by atoms with van der Waals surface area (Å²) in [5, 5.41) is 0.539. The molecule has 0 spiro atoms. The van der Waals surface area contributed by atoms with Crippen molar-refractivity contribution in [2.24, 2.45) is 11.8 Å². The van der Waals surface area contributed by atoms with E-state index in [0.29, 0.717) is 23.7 Å².